The van der Waals surface area contributed by atoms with Crippen molar-refractivity contribution in [2.24, 2.45) is 0 Å². The molecule has 0 aliphatic rings. The van der Waals surface area contributed by atoms with E-state index in [0.29, 0.717) is 5.02 Å². The number of halogens is 1. The average molecular weight is 408 g/mol. The van der Waals surface area contributed by atoms with Crippen molar-refractivity contribution in [2.45, 2.75) is 0 Å². The zero-order chi connectivity index (χ0) is 19.5. The van der Waals surface area contributed by atoms with Crippen molar-refractivity contribution in [3.8, 4) is 11.1 Å². The van der Waals surface area contributed by atoms with Gasteiger partial charge in [-0.25, -0.2) is 9.19 Å². The molecule has 2 N–H and O–H groups in total. The number of H-pyrrole nitrogens is 1. The lowest BCUT2D eigenvalue weighted by Gasteiger charge is -2.10. The van der Waals surface area contributed by atoms with E-state index in [2.05, 4.69) is 20.8 Å². The lowest BCUT2D eigenvalue weighted by Crippen LogP contribution is -2.02. The van der Waals surface area contributed by atoms with Gasteiger partial charge in [0.25, 0.3) is 0 Å². The molecule has 0 saturated heterocycles. The lowest BCUT2D eigenvalue weighted by atomic mass is 10.0. The Labute approximate surface area is 170 Å². The molecule has 140 valence electrons. The molecule has 4 nitrogen and oxygen atoms in total. The number of hydrogen-bond donors (Lipinski definition) is 2. The molecule has 4 aromatic rings. The molecule has 6 heteroatoms. The molecule has 0 spiro atoms. The van der Waals surface area contributed by atoms with Gasteiger partial charge < -0.3 is 9.71 Å². The molecule has 0 aliphatic carbocycles. The molecular formula is C22H18ClN3OS. The molecule has 3 aromatic carbocycles. The average Bonchev–Trinajstić information content (AvgIpc) is 3.08. The Bertz CT molecular complexity index is 1200. The molecule has 1 aromatic heterocycles. The predicted molar refractivity (Wildman–Crippen MR) is 120 cm³/mol. The summed E-state index contributed by atoms with van der Waals surface area (Å²) in [6.07, 6.45) is 5.52. The van der Waals surface area contributed by atoms with Crippen LogP contribution in [0.5, 0.6) is 0 Å². The van der Waals surface area contributed by atoms with E-state index in [1.165, 1.54) is 0 Å². The molecule has 1 unspecified atom stereocenters. The highest BCUT2D eigenvalue weighted by molar-refractivity contribution is 7.85. The summed E-state index contributed by atoms with van der Waals surface area (Å²) in [7, 11) is -1.14. The van der Waals surface area contributed by atoms with Gasteiger partial charge in [-0.3, -0.25) is 0 Å². The van der Waals surface area contributed by atoms with Crippen molar-refractivity contribution >= 4 is 51.5 Å². The third-order valence-corrected chi connectivity index (χ3v) is 5.02. The Kier molecular flexibility index (Phi) is 5.28. The second kappa shape index (κ2) is 8.00. The topological polar surface area (TPSA) is 57.8 Å². The van der Waals surface area contributed by atoms with Crippen molar-refractivity contribution in [1.29, 1.82) is 0 Å². The van der Waals surface area contributed by atoms with Crippen LogP contribution in [0.1, 0.15) is 11.4 Å². The number of rotatable bonds is 5. The first-order chi connectivity index (χ1) is 13.6. The third-order valence-electron chi connectivity index (χ3n) is 4.27. The van der Waals surface area contributed by atoms with Crippen LogP contribution in [0.2, 0.25) is 5.02 Å². The highest BCUT2D eigenvalue weighted by atomic mass is 35.5. The summed E-state index contributed by atoms with van der Waals surface area (Å²) >= 11 is 6.03. The molecule has 1 heterocycles. The van der Waals surface area contributed by atoms with E-state index in [0.717, 1.165) is 39.2 Å². The van der Waals surface area contributed by atoms with Crippen LogP contribution in [0, 0.1) is 0 Å². The third kappa shape index (κ3) is 4.16. The maximum absolute atomic E-state index is 11.6. The molecule has 0 amide bonds. The number of anilines is 1. The number of imidazole rings is 1. The first-order valence-electron chi connectivity index (χ1n) is 8.71. The fourth-order valence-corrected chi connectivity index (χ4v) is 3.73. The molecule has 0 aliphatic heterocycles. The first kappa shape index (κ1) is 18.5. The summed E-state index contributed by atoms with van der Waals surface area (Å²) in [6.45, 7) is 0. The molecule has 0 radical (unpaired) electrons. The second-order valence-corrected chi connectivity index (χ2v) is 7.89. The Morgan fingerprint density at radius 3 is 2.71 bits per heavy atom. The van der Waals surface area contributed by atoms with Gasteiger partial charge in [-0.05, 0) is 47.5 Å². The maximum Gasteiger partial charge on any atom is 0.131 e. The quantitative estimate of drug-likeness (QED) is 0.442. The number of aromatic nitrogens is 2. The number of fused-ring (bicyclic) bond motifs is 1. The van der Waals surface area contributed by atoms with E-state index >= 15 is 0 Å². The van der Waals surface area contributed by atoms with Crippen molar-refractivity contribution < 1.29 is 4.21 Å². The minimum atomic E-state index is -1.14. The maximum atomic E-state index is 11.6. The van der Waals surface area contributed by atoms with Crippen LogP contribution in [-0.4, -0.2) is 20.4 Å². The van der Waals surface area contributed by atoms with Gasteiger partial charge in [-0.2, -0.15) is 0 Å². The molecule has 4 rings (SSSR count). The van der Waals surface area contributed by atoms with Crippen LogP contribution in [0.15, 0.2) is 66.7 Å². The van der Waals surface area contributed by atoms with E-state index in [-0.39, 0.29) is 0 Å². The highest BCUT2D eigenvalue weighted by Crippen LogP contribution is 2.30. The SMILES string of the molecule is CS(=O)Nc1ccccc1-c1ccc2nc(/C=C/c3cccc(Cl)c3)[nH]c2c1. The number of para-hydroxylation sites is 1. The van der Waals surface area contributed by atoms with Gasteiger partial charge in [0.2, 0.25) is 0 Å². The highest BCUT2D eigenvalue weighted by Gasteiger charge is 2.08. The zero-order valence-electron chi connectivity index (χ0n) is 15.1. The van der Waals surface area contributed by atoms with Gasteiger partial charge in [0.05, 0.1) is 16.7 Å². The van der Waals surface area contributed by atoms with Crippen molar-refractivity contribution in [3.63, 3.8) is 0 Å². The summed E-state index contributed by atoms with van der Waals surface area (Å²) in [6, 6.07) is 21.5. The number of nitrogens with zero attached hydrogens (tertiary/aromatic N) is 1. The van der Waals surface area contributed by atoms with Gasteiger partial charge in [0, 0.05) is 16.8 Å². The summed E-state index contributed by atoms with van der Waals surface area (Å²) in [5, 5.41) is 0.705. The largest absolute Gasteiger partial charge is 0.338 e. The fraction of sp³-hybridized carbons (Fsp3) is 0.0455. The standard InChI is InChI=1S/C22H18ClN3OS/c1-28(27)26-19-8-3-2-7-18(19)16-10-11-20-21(14-16)25-22(24-20)12-9-15-5-4-6-17(23)13-15/h2-14,26H,1H3,(H,24,25)/b12-9+. The van der Waals surface area contributed by atoms with Crippen LogP contribution in [0.25, 0.3) is 34.3 Å². The first-order valence-corrected chi connectivity index (χ1v) is 10.6. The molecule has 0 fully saturated rings. The van der Waals surface area contributed by atoms with E-state index < -0.39 is 11.0 Å². The van der Waals surface area contributed by atoms with E-state index in [9.17, 15) is 4.21 Å². The van der Waals surface area contributed by atoms with E-state index in [4.69, 9.17) is 11.6 Å². The second-order valence-electron chi connectivity index (χ2n) is 6.34. The molecule has 0 bridgehead atoms. The van der Waals surface area contributed by atoms with E-state index in [1.807, 2.05) is 72.8 Å². The summed E-state index contributed by atoms with van der Waals surface area (Å²) in [4.78, 5) is 7.96. The zero-order valence-corrected chi connectivity index (χ0v) is 16.7. The predicted octanol–water partition coefficient (Wildman–Crippen LogP) is 5.76. The Hall–Kier alpha value is -2.89. The van der Waals surface area contributed by atoms with Gasteiger partial charge in [0.1, 0.15) is 16.8 Å². The summed E-state index contributed by atoms with van der Waals surface area (Å²) < 4.78 is 14.6. The number of aromatic amines is 1. The van der Waals surface area contributed by atoms with E-state index in [1.54, 1.807) is 6.26 Å². The van der Waals surface area contributed by atoms with Crippen LogP contribution in [0.4, 0.5) is 5.69 Å². The number of nitrogens with one attached hydrogen (secondary N) is 2. The number of hydrogen-bond acceptors (Lipinski definition) is 2. The summed E-state index contributed by atoms with van der Waals surface area (Å²) in [5.41, 5.74) is 5.69. The van der Waals surface area contributed by atoms with Gasteiger partial charge in [0.15, 0.2) is 0 Å². The minimum absolute atomic E-state index is 0.705. The smallest absolute Gasteiger partial charge is 0.131 e. The normalized spacial score (nSPS) is 12.5. The van der Waals surface area contributed by atoms with Gasteiger partial charge in [-0.15, -0.1) is 0 Å². The molecule has 28 heavy (non-hydrogen) atoms. The Morgan fingerprint density at radius 2 is 1.89 bits per heavy atom. The Balaban J connectivity index is 1.67. The van der Waals surface area contributed by atoms with Crippen molar-refractivity contribution in [1.82, 2.24) is 9.97 Å². The molecule has 1 atom stereocenters. The Morgan fingerprint density at radius 1 is 1.04 bits per heavy atom. The summed E-state index contributed by atoms with van der Waals surface area (Å²) in [5.74, 6) is 0.771. The van der Waals surface area contributed by atoms with Crippen LogP contribution in [0.3, 0.4) is 0 Å². The molecule has 0 saturated carbocycles. The monoisotopic (exact) mass is 407 g/mol. The lowest BCUT2D eigenvalue weighted by molar-refractivity contribution is 0.690. The minimum Gasteiger partial charge on any atom is -0.338 e. The fourth-order valence-electron chi connectivity index (χ4n) is 3.04. The van der Waals surface area contributed by atoms with Crippen LogP contribution in [-0.2, 0) is 11.0 Å². The molecular weight excluding hydrogens is 390 g/mol. The van der Waals surface area contributed by atoms with Crippen molar-refractivity contribution in [2.75, 3.05) is 11.0 Å². The van der Waals surface area contributed by atoms with Gasteiger partial charge >= 0.3 is 0 Å². The number of benzene rings is 3. The van der Waals surface area contributed by atoms with Crippen molar-refractivity contribution in [3.05, 3.63) is 83.1 Å². The van der Waals surface area contributed by atoms with Crippen LogP contribution >= 0.6 is 11.6 Å². The van der Waals surface area contributed by atoms with Crippen LogP contribution < -0.4 is 4.72 Å². The van der Waals surface area contributed by atoms with Gasteiger partial charge in [-0.1, -0.05) is 54.1 Å².